The van der Waals surface area contributed by atoms with Crippen LogP contribution in [0, 0.1) is 33.5 Å². The maximum absolute atomic E-state index is 11.8. The average molecular weight is 304 g/mol. The number of hydrogen-bond acceptors (Lipinski definition) is 2. The Bertz CT molecular complexity index is 468. The van der Waals surface area contributed by atoms with Crippen molar-refractivity contribution in [1.29, 1.82) is 0 Å². The Hall–Kier alpha value is -0.660. The molecule has 3 unspecified atom stereocenters. The van der Waals surface area contributed by atoms with Gasteiger partial charge in [0.2, 0.25) is 0 Å². The van der Waals surface area contributed by atoms with Crippen LogP contribution in [-0.4, -0.2) is 11.6 Å². The first-order valence-electron chi connectivity index (χ1n) is 9.03. The highest BCUT2D eigenvalue weighted by Gasteiger charge is 2.59. The van der Waals surface area contributed by atoms with Crippen molar-refractivity contribution in [2.24, 2.45) is 33.5 Å². The number of carbonyl (C=O) groups excluding carboxylic acids is 2. The highest BCUT2D eigenvalue weighted by atomic mass is 16.1. The van der Waals surface area contributed by atoms with Gasteiger partial charge in [0.25, 0.3) is 0 Å². The Labute approximate surface area is 135 Å². The van der Waals surface area contributed by atoms with Crippen molar-refractivity contribution < 1.29 is 9.59 Å². The first kappa shape index (κ1) is 16.2. The Kier molecular flexibility index (Phi) is 3.28. The monoisotopic (exact) mass is 304 g/mol. The molecule has 0 N–H and O–H groups in total. The van der Waals surface area contributed by atoms with Gasteiger partial charge in [0, 0.05) is 21.7 Å². The van der Waals surface area contributed by atoms with Crippen molar-refractivity contribution in [2.75, 3.05) is 0 Å². The van der Waals surface area contributed by atoms with Gasteiger partial charge in [-0.3, -0.25) is 9.59 Å². The van der Waals surface area contributed by atoms with E-state index in [2.05, 4.69) is 41.5 Å². The van der Waals surface area contributed by atoms with E-state index >= 15 is 0 Å². The SMILES string of the molecule is CC1(C)C(=O)[C@@]2(C)CCC1C2.CC12CCC(C1)C(C)(C)C2=O. The predicted octanol–water partition coefficient (Wildman–Crippen LogP) is 4.80. The summed E-state index contributed by atoms with van der Waals surface area (Å²) in [6.07, 6.45) is 7.13. The largest absolute Gasteiger partial charge is 0.298 e. The van der Waals surface area contributed by atoms with Gasteiger partial charge >= 0.3 is 0 Å². The zero-order valence-electron chi connectivity index (χ0n) is 15.2. The molecule has 0 spiro atoms. The third-order valence-electron chi connectivity index (χ3n) is 7.79. The summed E-state index contributed by atoms with van der Waals surface area (Å²) < 4.78 is 0. The second kappa shape index (κ2) is 4.45. The molecule has 0 amide bonds. The fourth-order valence-electron chi connectivity index (χ4n) is 6.05. The lowest BCUT2D eigenvalue weighted by Crippen LogP contribution is -2.35. The number of fused-ring (bicyclic) bond motifs is 4. The summed E-state index contributed by atoms with van der Waals surface area (Å²) in [5.74, 6) is 2.39. The molecule has 0 aromatic heterocycles. The van der Waals surface area contributed by atoms with Crippen molar-refractivity contribution in [2.45, 2.75) is 80.1 Å². The average Bonchev–Trinajstić information content (AvgIpc) is 3.09. The van der Waals surface area contributed by atoms with Crippen LogP contribution < -0.4 is 0 Å². The molecule has 4 aliphatic rings. The molecule has 0 heterocycles. The van der Waals surface area contributed by atoms with Gasteiger partial charge < -0.3 is 0 Å². The van der Waals surface area contributed by atoms with Gasteiger partial charge in [0.05, 0.1) is 0 Å². The highest BCUT2D eigenvalue weighted by Crippen LogP contribution is 2.60. The van der Waals surface area contributed by atoms with E-state index in [0.29, 0.717) is 23.4 Å². The van der Waals surface area contributed by atoms with Crippen molar-refractivity contribution in [3.05, 3.63) is 0 Å². The molecule has 4 rings (SSSR count). The first-order valence-corrected chi connectivity index (χ1v) is 9.03. The van der Waals surface area contributed by atoms with Crippen LogP contribution in [0.5, 0.6) is 0 Å². The highest BCUT2D eigenvalue weighted by molar-refractivity contribution is 5.93. The Morgan fingerprint density at radius 2 is 1.00 bits per heavy atom. The summed E-state index contributed by atoms with van der Waals surface area (Å²) in [4.78, 5) is 23.6. The van der Waals surface area contributed by atoms with Gasteiger partial charge in [-0.2, -0.15) is 0 Å². The van der Waals surface area contributed by atoms with Crippen LogP contribution >= 0.6 is 0 Å². The van der Waals surface area contributed by atoms with E-state index < -0.39 is 0 Å². The van der Waals surface area contributed by atoms with Crippen LogP contribution in [-0.2, 0) is 9.59 Å². The lowest BCUT2D eigenvalue weighted by Gasteiger charge is -2.31. The van der Waals surface area contributed by atoms with Gasteiger partial charge in [-0.1, -0.05) is 41.5 Å². The van der Waals surface area contributed by atoms with Gasteiger partial charge in [-0.05, 0) is 50.4 Å². The number of rotatable bonds is 0. The molecule has 4 fully saturated rings. The zero-order chi connectivity index (χ0) is 16.6. The van der Waals surface area contributed by atoms with E-state index in [4.69, 9.17) is 0 Å². The van der Waals surface area contributed by atoms with Crippen LogP contribution in [0.25, 0.3) is 0 Å². The fourth-order valence-corrected chi connectivity index (χ4v) is 6.05. The summed E-state index contributed by atoms with van der Waals surface area (Å²) in [6.45, 7) is 12.7. The number of Topliss-reactive ketones (excluding diaryl/α,β-unsaturated/α-hetero) is 2. The second-order valence-corrected chi connectivity index (χ2v) is 10.1. The molecule has 22 heavy (non-hydrogen) atoms. The van der Waals surface area contributed by atoms with Gasteiger partial charge in [0.1, 0.15) is 11.6 Å². The minimum Gasteiger partial charge on any atom is -0.298 e. The van der Waals surface area contributed by atoms with Crippen LogP contribution in [0.3, 0.4) is 0 Å². The summed E-state index contributed by atoms with van der Waals surface area (Å²) in [6, 6.07) is 0. The number of hydrogen-bond donors (Lipinski definition) is 0. The quantitative estimate of drug-likeness (QED) is 0.644. The molecule has 2 nitrogen and oxygen atoms in total. The molecular weight excluding hydrogens is 272 g/mol. The number of ketones is 2. The van der Waals surface area contributed by atoms with E-state index in [9.17, 15) is 9.59 Å². The maximum atomic E-state index is 11.8. The van der Waals surface area contributed by atoms with Crippen molar-refractivity contribution >= 4 is 11.6 Å². The van der Waals surface area contributed by atoms with E-state index in [-0.39, 0.29) is 21.7 Å². The molecule has 124 valence electrons. The van der Waals surface area contributed by atoms with Crippen molar-refractivity contribution in [3.63, 3.8) is 0 Å². The molecule has 2 heteroatoms. The minimum atomic E-state index is -0.00694. The predicted molar refractivity (Wildman–Crippen MR) is 88.5 cm³/mol. The van der Waals surface area contributed by atoms with Gasteiger partial charge in [0.15, 0.2) is 0 Å². The fraction of sp³-hybridized carbons (Fsp3) is 0.900. The lowest BCUT2D eigenvalue weighted by molar-refractivity contribution is -0.135. The zero-order valence-corrected chi connectivity index (χ0v) is 15.2. The molecule has 0 aromatic rings. The van der Waals surface area contributed by atoms with Crippen molar-refractivity contribution in [1.82, 2.24) is 0 Å². The second-order valence-electron chi connectivity index (χ2n) is 10.1. The van der Waals surface area contributed by atoms with Crippen LogP contribution in [0.1, 0.15) is 80.1 Å². The summed E-state index contributed by atoms with van der Waals surface area (Å²) in [5, 5.41) is 0. The molecular formula is C20H32O2. The minimum absolute atomic E-state index is 0.00694. The summed E-state index contributed by atoms with van der Waals surface area (Å²) >= 11 is 0. The van der Waals surface area contributed by atoms with E-state index in [1.54, 1.807) is 0 Å². The Morgan fingerprint density at radius 1 is 0.682 bits per heavy atom. The molecule has 4 aliphatic carbocycles. The van der Waals surface area contributed by atoms with Crippen LogP contribution in [0.4, 0.5) is 0 Å². The molecule has 0 aromatic carbocycles. The van der Waals surface area contributed by atoms with E-state index in [1.165, 1.54) is 12.8 Å². The maximum Gasteiger partial charge on any atom is 0.144 e. The standard InChI is InChI=1S/2C10H16O/c2*1-9(2)7-4-5-10(3,6-7)8(9)11/h2*7H,4-6H2,1-3H3/t7?,10-;/m0./s1. The first-order chi connectivity index (χ1) is 9.93. The third kappa shape index (κ3) is 1.98. The summed E-state index contributed by atoms with van der Waals surface area (Å²) in [5.41, 5.74) is 0.113. The molecule has 4 bridgehead atoms. The molecule has 4 saturated carbocycles. The smallest absolute Gasteiger partial charge is 0.144 e. The topological polar surface area (TPSA) is 34.1 Å². The van der Waals surface area contributed by atoms with Gasteiger partial charge in [-0.15, -0.1) is 0 Å². The summed E-state index contributed by atoms with van der Waals surface area (Å²) in [7, 11) is 0. The molecule has 0 radical (unpaired) electrons. The van der Waals surface area contributed by atoms with Crippen molar-refractivity contribution in [3.8, 4) is 0 Å². The van der Waals surface area contributed by atoms with Crippen LogP contribution in [0.15, 0.2) is 0 Å². The van der Waals surface area contributed by atoms with E-state index in [0.717, 1.165) is 25.7 Å². The molecule has 4 atom stereocenters. The van der Waals surface area contributed by atoms with Gasteiger partial charge in [-0.25, -0.2) is 0 Å². The van der Waals surface area contributed by atoms with E-state index in [1.807, 2.05) is 0 Å². The lowest BCUT2D eigenvalue weighted by atomic mass is 9.72. The van der Waals surface area contributed by atoms with Crippen LogP contribution in [0.2, 0.25) is 0 Å². The Morgan fingerprint density at radius 3 is 1.14 bits per heavy atom. The molecule has 0 saturated heterocycles. The number of carbonyl (C=O) groups is 2. The Balaban J connectivity index is 0.000000131. The third-order valence-corrected chi connectivity index (χ3v) is 7.79. The normalized spacial score (nSPS) is 46.8. The molecule has 0 aliphatic heterocycles.